The van der Waals surface area contributed by atoms with Crippen LogP contribution >= 0.6 is 23.2 Å². The van der Waals surface area contributed by atoms with E-state index < -0.39 is 0 Å². The third-order valence-electron chi connectivity index (χ3n) is 3.36. The lowest BCUT2D eigenvalue weighted by molar-refractivity contribution is 0.419. The van der Waals surface area contributed by atoms with Crippen LogP contribution in [0.4, 0.5) is 5.82 Å². The van der Waals surface area contributed by atoms with Crippen LogP contribution in [0.15, 0.2) is 48.5 Å². The molecule has 3 aromatic rings. The van der Waals surface area contributed by atoms with E-state index in [4.69, 9.17) is 27.9 Å². The predicted molar refractivity (Wildman–Crippen MR) is 92.1 cm³/mol. The lowest BCUT2D eigenvalue weighted by Gasteiger charge is -2.10. The number of anilines is 1. The van der Waals surface area contributed by atoms with Crippen molar-refractivity contribution in [3.05, 3.63) is 64.1 Å². The van der Waals surface area contributed by atoms with Crippen molar-refractivity contribution in [1.82, 2.24) is 4.98 Å². The van der Waals surface area contributed by atoms with Crippen LogP contribution in [0.3, 0.4) is 0 Å². The number of rotatable bonds is 4. The molecule has 0 spiro atoms. The third-order valence-corrected chi connectivity index (χ3v) is 3.92. The van der Waals surface area contributed by atoms with Gasteiger partial charge < -0.3 is 10.1 Å². The number of halogens is 2. The molecular weight excluding hydrogens is 319 g/mol. The Morgan fingerprint density at radius 2 is 1.86 bits per heavy atom. The van der Waals surface area contributed by atoms with Gasteiger partial charge in [0.2, 0.25) is 0 Å². The molecule has 0 unspecified atom stereocenters. The zero-order valence-electron chi connectivity index (χ0n) is 11.9. The predicted octanol–water partition coefficient (Wildman–Crippen LogP) is 5.16. The first-order valence-electron chi connectivity index (χ1n) is 6.79. The van der Waals surface area contributed by atoms with Crippen molar-refractivity contribution < 1.29 is 4.74 Å². The molecule has 0 bridgehead atoms. The fourth-order valence-electron chi connectivity index (χ4n) is 2.23. The second kappa shape index (κ2) is 6.42. The third kappa shape index (κ3) is 3.11. The van der Waals surface area contributed by atoms with Gasteiger partial charge in [-0.2, -0.15) is 0 Å². The number of ether oxygens (including phenoxy) is 1. The van der Waals surface area contributed by atoms with E-state index in [0.717, 1.165) is 21.5 Å². The summed E-state index contributed by atoms with van der Waals surface area (Å²) in [6.07, 6.45) is 0. The Morgan fingerprint density at radius 3 is 2.59 bits per heavy atom. The highest BCUT2D eigenvalue weighted by atomic mass is 35.5. The van der Waals surface area contributed by atoms with Crippen LogP contribution in [-0.4, -0.2) is 12.1 Å². The van der Waals surface area contributed by atoms with Crippen molar-refractivity contribution in [2.75, 3.05) is 12.4 Å². The van der Waals surface area contributed by atoms with Crippen LogP contribution in [-0.2, 0) is 6.54 Å². The Kier molecular flexibility index (Phi) is 4.36. The van der Waals surface area contributed by atoms with Crippen LogP contribution in [0.1, 0.15) is 5.56 Å². The zero-order valence-corrected chi connectivity index (χ0v) is 13.4. The summed E-state index contributed by atoms with van der Waals surface area (Å²) in [6, 6.07) is 15.2. The highest BCUT2D eigenvalue weighted by molar-refractivity contribution is 6.35. The largest absolute Gasteiger partial charge is 0.494 e. The molecule has 0 fully saturated rings. The molecule has 0 atom stereocenters. The van der Waals surface area contributed by atoms with Gasteiger partial charge in [0.05, 0.1) is 12.1 Å². The fourth-order valence-corrected chi connectivity index (χ4v) is 2.61. The van der Waals surface area contributed by atoms with E-state index in [0.29, 0.717) is 23.1 Å². The summed E-state index contributed by atoms with van der Waals surface area (Å²) in [5, 5.41) is 5.51. The van der Waals surface area contributed by atoms with Crippen molar-refractivity contribution in [2.24, 2.45) is 0 Å². The number of hydrogen-bond acceptors (Lipinski definition) is 3. The fraction of sp³-hybridized carbons (Fsp3) is 0.118. The summed E-state index contributed by atoms with van der Waals surface area (Å²) in [5.41, 5.74) is 1.86. The Balaban J connectivity index is 1.89. The second-order valence-electron chi connectivity index (χ2n) is 4.83. The number of pyridine rings is 1. The molecule has 0 saturated heterocycles. The van der Waals surface area contributed by atoms with Crippen LogP contribution in [0.25, 0.3) is 10.9 Å². The maximum Gasteiger partial charge on any atom is 0.145 e. The first-order valence-corrected chi connectivity index (χ1v) is 7.54. The minimum atomic E-state index is 0.640. The monoisotopic (exact) mass is 332 g/mol. The van der Waals surface area contributed by atoms with E-state index in [-0.39, 0.29) is 0 Å². The number of aromatic nitrogens is 1. The second-order valence-corrected chi connectivity index (χ2v) is 5.67. The van der Waals surface area contributed by atoms with Gasteiger partial charge in [-0.05, 0) is 29.8 Å². The van der Waals surface area contributed by atoms with Crippen LogP contribution in [0, 0.1) is 0 Å². The van der Waals surface area contributed by atoms with Crippen molar-refractivity contribution >= 4 is 39.9 Å². The van der Waals surface area contributed by atoms with Gasteiger partial charge in [0.25, 0.3) is 0 Å². The van der Waals surface area contributed by atoms with Crippen molar-refractivity contribution in [3.63, 3.8) is 0 Å². The Bertz CT molecular complexity index is 804. The molecule has 0 aliphatic carbocycles. The van der Waals surface area contributed by atoms with Gasteiger partial charge in [0.1, 0.15) is 17.1 Å². The molecule has 1 N–H and O–H groups in total. The number of para-hydroxylation sites is 1. The summed E-state index contributed by atoms with van der Waals surface area (Å²) >= 11 is 12.2. The molecule has 0 amide bonds. The molecule has 3 rings (SSSR count). The molecule has 0 saturated carbocycles. The maximum atomic E-state index is 6.34. The summed E-state index contributed by atoms with van der Waals surface area (Å²) in [6.45, 7) is 0.640. The van der Waals surface area contributed by atoms with E-state index in [1.165, 1.54) is 0 Å². The van der Waals surface area contributed by atoms with Crippen LogP contribution in [0.2, 0.25) is 10.0 Å². The minimum absolute atomic E-state index is 0.640. The lowest BCUT2D eigenvalue weighted by Crippen LogP contribution is -2.02. The minimum Gasteiger partial charge on any atom is -0.494 e. The topological polar surface area (TPSA) is 34.1 Å². The molecule has 112 valence electrons. The van der Waals surface area contributed by atoms with Crippen molar-refractivity contribution in [3.8, 4) is 5.75 Å². The van der Waals surface area contributed by atoms with Gasteiger partial charge in [-0.1, -0.05) is 47.5 Å². The van der Waals surface area contributed by atoms with Gasteiger partial charge in [-0.3, -0.25) is 0 Å². The van der Waals surface area contributed by atoms with E-state index in [9.17, 15) is 0 Å². The highest BCUT2D eigenvalue weighted by Gasteiger charge is 2.08. The quantitative estimate of drug-likeness (QED) is 0.716. The van der Waals surface area contributed by atoms with Gasteiger partial charge >= 0.3 is 0 Å². The number of nitrogens with one attached hydrogen (secondary N) is 1. The molecule has 0 aliphatic rings. The Labute approximate surface area is 138 Å². The molecule has 0 aliphatic heterocycles. The SMILES string of the molecule is COc1cccc2c(Cl)cc(NCc3ccc(Cl)cc3)nc12. The number of benzene rings is 2. The summed E-state index contributed by atoms with van der Waals surface area (Å²) in [4.78, 5) is 4.59. The van der Waals surface area contributed by atoms with Crippen molar-refractivity contribution in [1.29, 1.82) is 0 Å². The van der Waals surface area contributed by atoms with Crippen molar-refractivity contribution in [2.45, 2.75) is 6.54 Å². The molecule has 3 nitrogen and oxygen atoms in total. The summed E-state index contributed by atoms with van der Waals surface area (Å²) < 4.78 is 5.35. The Hall–Kier alpha value is -1.97. The molecular formula is C17H14Cl2N2O. The first kappa shape index (κ1) is 14.9. The standard InChI is InChI=1S/C17H14Cl2N2O/c1-22-15-4-2-3-13-14(19)9-16(21-17(13)15)20-10-11-5-7-12(18)8-6-11/h2-9H,10H2,1H3,(H,20,21). The molecule has 2 aromatic carbocycles. The summed E-state index contributed by atoms with van der Waals surface area (Å²) in [7, 11) is 1.62. The molecule has 5 heteroatoms. The first-order chi connectivity index (χ1) is 10.7. The van der Waals surface area contributed by atoms with Gasteiger partial charge in [0.15, 0.2) is 0 Å². The average Bonchev–Trinajstić information content (AvgIpc) is 2.54. The number of nitrogens with zero attached hydrogens (tertiary/aromatic N) is 1. The molecule has 0 radical (unpaired) electrons. The summed E-state index contributed by atoms with van der Waals surface area (Å²) in [5.74, 6) is 1.41. The van der Waals surface area contributed by atoms with E-state index >= 15 is 0 Å². The molecule has 1 heterocycles. The number of hydrogen-bond donors (Lipinski definition) is 1. The normalized spacial score (nSPS) is 10.7. The van der Waals surface area contributed by atoms with Gasteiger partial charge in [0, 0.05) is 17.0 Å². The highest BCUT2D eigenvalue weighted by Crippen LogP contribution is 2.31. The molecule has 22 heavy (non-hydrogen) atoms. The van der Waals surface area contributed by atoms with Gasteiger partial charge in [-0.15, -0.1) is 0 Å². The average molecular weight is 333 g/mol. The lowest BCUT2D eigenvalue weighted by atomic mass is 10.2. The smallest absolute Gasteiger partial charge is 0.145 e. The van der Waals surface area contributed by atoms with Crippen LogP contribution in [0.5, 0.6) is 5.75 Å². The van der Waals surface area contributed by atoms with Gasteiger partial charge in [-0.25, -0.2) is 4.98 Å². The Morgan fingerprint density at radius 1 is 1.09 bits per heavy atom. The van der Waals surface area contributed by atoms with E-state index in [1.807, 2.05) is 48.5 Å². The van der Waals surface area contributed by atoms with E-state index in [2.05, 4.69) is 10.3 Å². The number of methoxy groups -OCH3 is 1. The maximum absolute atomic E-state index is 6.34. The van der Waals surface area contributed by atoms with E-state index in [1.54, 1.807) is 7.11 Å². The number of fused-ring (bicyclic) bond motifs is 1. The zero-order chi connectivity index (χ0) is 15.5. The van der Waals surface area contributed by atoms with Crippen LogP contribution < -0.4 is 10.1 Å². The molecule has 1 aromatic heterocycles.